The van der Waals surface area contributed by atoms with E-state index in [9.17, 15) is 14.7 Å². The maximum absolute atomic E-state index is 13.2. The molecule has 0 aliphatic carbocycles. The fourth-order valence-electron chi connectivity index (χ4n) is 4.73. The summed E-state index contributed by atoms with van der Waals surface area (Å²) in [5, 5.41) is 11.3. The SMILES string of the molecule is COCCCN1C(=O)C(=O)C(=C(O)c2ccc3c(c2)C[C@H](C)O3)[C@H]1c1ccc(C(C)(C)C)cc1. The Kier molecular flexibility index (Phi) is 6.54. The van der Waals surface area contributed by atoms with Crippen molar-refractivity contribution in [1.82, 2.24) is 4.90 Å². The van der Waals surface area contributed by atoms with Crippen molar-refractivity contribution < 1.29 is 24.2 Å². The zero-order valence-electron chi connectivity index (χ0n) is 20.6. The van der Waals surface area contributed by atoms with Crippen molar-refractivity contribution >= 4 is 17.4 Å². The number of methoxy groups -OCH3 is 1. The summed E-state index contributed by atoms with van der Waals surface area (Å²) in [5.41, 5.74) is 3.55. The fraction of sp³-hybridized carbons (Fsp3) is 0.429. The molecule has 4 rings (SSSR count). The van der Waals surface area contributed by atoms with Gasteiger partial charge in [-0.1, -0.05) is 45.0 Å². The largest absolute Gasteiger partial charge is 0.507 e. The van der Waals surface area contributed by atoms with E-state index in [2.05, 4.69) is 20.8 Å². The van der Waals surface area contributed by atoms with Crippen molar-refractivity contribution in [1.29, 1.82) is 0 Å². The van der Waals surface area contributed by atoms with Gasteiger partial charge in [0.2, 0.25) is 0 Å². The van der Waals surface area contributed by atoms with Crippen molar-refractivity contribution in [2.75, 3.05) is 20.3 Å². The normalized spacial score (nSPS) is 21.6. The third kappa shape index (κ3) is 4.47. The standard InChI is InChI=1S/C28H33NO5/c1-17-15-20-16-19(9-12-22(20)34-17)25(30)23-24(18-7-10-21(11-8-18)28(2,3)4)29(13-6-14-33-5)27(32)26(23)31/h7-12,16-17,24,30H,6,13-15H2,1-5H3/t17-,24+/m0/s1. The van der Waals surface area contributed by atoms with Crippen molar-refractivity contribution in [3.8, 4) is 5.75 Å². The Hall–Kier alpha value is -3.12. The highest BCUT2D eigenvalue weighted by Crippen LogP contribution is 2.41. The molecule has 180 valence electrons. The van der Waals surface area contributed by atoms with Crippen LogP contribution in [0.3, 0.4) is 0 Å². The molecule has 2 aromatic carbocycles. The fourth-order valence-corrected chi connectivity index (χ4v) is 4.73. The molecule has 34 heavy (non-hydrogen) atoms. The van der Waals surface area contributed by atoms with Gasteiger partial charge in [0.15, 0.2) is 0 Å². The molecule has 0 aromatic heterocycles. The van der Waals surface area contributed by atoms with Crippen LogP contribution in [0.1, 0.15) is 62.4 Å². The second-order valence-corrected chi connectivity index (χ2v) is 10.2. The highest BCUT2D eigenvalue weighted by molar-refractivity contribution is 6.46. The molecule has 0 saturated carbocycles. The number of hydrogen-bond acceptors (Lipinski definition) is 5. The van der Waals surface area contributed by atoms with Crippen LogP contribution in [-0.2, 0) is 26.2 Å². The van der Waals surface area contributed by atoms with Crippen molar-refractivity contribution in [2.45, 2.75) is 58.1 Å². The molecule has 2 heterocycles. The summed E-state index contributed by atoms with van der Waals surface area (Å²) < 4.78 is 10.9. The number of ether oxygens (including phenoxy) is 2. The first kappa shape index (κ1) is 24.0. The monoisotopic (exact) mass is 463 g/mol. The molecule has 0 bridgehead atoms. The number of fused-ring (bicyclic) bond motifs is 1. The summed E-state index contributed by atoms with van der Waals surface area (Å²) in [6.07, 6.45) is 1.40. The lowest BCUT2D eigenvalue weighted by Crippen LogP contribution is -2.31. The van der Waals surface area contributed by atoms with Crippen LogP contribution in [0.2, 0.25) is 0 Å². The van der Waals surface area contributed by atoms with Gasteiger partial charge in [-0.05, 0) is 53.6 Å². The predicted molar refractivity (Wildman–Crippen MR) is 131 cm³/mol. The zero-order chi connectivity index (χ0) is 24.6. The van der Waals surface area contributed by atoms with Gasteiger partial charge < -0.3 is 19.5 Å². The second kappa shape index (κ2) is 9.26. The number of amides is 1. The Bertz CT molecular complexity index is 1130. The first-order valence-electron chi connectivity index (χ1n) is 11.8. The van der Waals surface area contributed by atoms with Gasteiger partial charge in [-0.25, -0.2) is 0 Å². The maximum Gasteiger partial charge on any atom is 0.295 e. The number of rotatable bonds is 6. The Labute approximate surface area is 201 Å². The van der Waals surface area contributed by atoms with Crippen LogP contribution < -0.4 is 4.74 Å². The molecular weight excluding hydrogens is 430 g/mol. The Morgan fingerprint density at radius 2 is 1.85 bits per heavy atom. The average Bonchev–Trinajstić information content (AvgIpc) is 3.29. The van der Waals surface area contributed by atoms with E-state index in [4.69, 9.17) is 9.47 Å². The quantitative estimate of drug-likeness (QED) is 0.289. The number of aliphatic hydroxyl groups excluding tert-OH is 1. The molecular formula is C28H33NO5. The van der Waals surface area contributed by atoms with E-state index in [0.29, 0.717) is 25.1 Å². The number of likely N-dealkylation sites (tertiary alicyclic amines) is 1. The Morgan fingerprint density at radius 3 is 2.50 bits per heavy atom. The zero-order valence-corrected chi connectivity index (χ0v) is 20.6. The minimum Gasteiger partial charge on any atom is -0.507 e. The number of carbonyl (C=O) groups is 2. The second-order valence-electron chi connectivity index (χ2n) is 10.2. The summed E-state index contributed by atoms with van der Waals surface area (Å²) in [4.78, 5) is 27.8. The minimum absolute atomic E-state index is 0.0254. The van der Waals surface area contributed by atoms with Crippen LogP contribution in [0, 0.1) is 0 Å². The number of aliphatic hydroxyl groups is 1. The third-order valence-corrected chi connectivity index (χ3v) is 6.55. The van der Waals surface area contributed by atoms with Crippen LogP contribution >= 0.6 is 0 Å². The topological polar surface area (TPSA) is 76.1 Å². The lowest BCUT2D eigenvalue weighted by atomic mass is 9.85. The van der Waals surface area contributed by atoms with E-state index in [0.717, 1.165) is 28.9 Å². The van der Waals surface area contributed by atoms with E-state index >= 15 is 0 Å². The van der Waals surface area contributed by atoms with Crippen molar-refractivity contribution in [2.24, 2.45) is 0 Å². The molecule has 0 radical (unpaired) electrons. The molecule has 6 nitrogen and oxygen atoms in total. The number of carbonyl (C=O) groups excluding carboxylic acids is 2. The van der Waals surface area contributed by atoms with Gasteiger partial charge in [0, 0.05) is 32.2 Å². The summed E-state index contributed by atoms with van der Waals surface area (Å²) >= 11 is 0. The molecule has 6 heteroatoms. The molecule has 0 unspecified atom stereocenters. The van der Waals surface area contributed by atoms with E-state index in [1.807, 2.05) is 43.3 Å². The Balaban J connectivity index is 1.79. The average molecular weight is 464 g/mol. The Morgan fingerprint density at radius 1 is 1.15 bits per heavy atom. The lowest BCUT2D eigenvalue weighted by molar-refractivity contribution is -0.140. The van der Waals surface area contributed by atoms with Gasteiger partial charge in [-0.3, -0.25) is 9.59 Å². The van der Waals surface area contributed by atoms with Crippen LogP contribution in [-0.4, -0.2) is 48.1 Å². The molecule has 1 fully saturated rings. The van der Waals surface area contributed by atoms with Gasteiger partial charge in [0.25, 0.3) is 11.7 Å². The number of ketones is 1. The van der Waals surface area contributed by atoms with Crippen LogP contribution in [0.4, 0.5) is 0 Å². The molecule has 1 saturated heterocycles. The lowest BCUT2D eigenvalue weighted by Gasteiger charge is -2.26. The van der Waals surface area contributed by atoms with Crippen LogP contribution in [0.25, 0.3) is 5.76 Å². The molecule has 2 atom stereocenters. The van der Waals surface area contributed by atoms with Gasteiger partial charge in [0.05, 0.1) is 11.6 Å². The third-order valence-electron chi connectivity index (χ3n) is 6.55. The number of hydrogen-bond donors (Lipinski definition) is 1. The molecule has 1 amide bonds. The number of nitrogens with zero attached hydrogens (tertiary/aromatic N) is 1. The van der Waals surface area contributed by atoms with E-state index in [1.54, 1.807) is 18.1 Å². The number of benzene rings is 2. The van der Waals surface area contributed by atoms with Crippen LogP contribution in [0.15, 0.2) is 48.0 Å². The first-order valence-corrected chi connectivity index (χ1v) is 11.8. The van der Waals surface area contributed by atoms with Crippen LogP contribution in [0.5, 0.6) is 5.75 Å². The maximum atomic E-state index is 13.2. The molecule has 2 aromatic rings. The molecule has 2 aliphatic rings. The highest BCUT2D eigenvalue weighted by Gasteiger charge is 2.46. The molecule has 1 N–H and O–H groups in total. The molecule has 2 aliphatic heterocycles. The van der Waals surface area contributed by atoms with Crippen molar-refractivity contribution in [3.63, 3.8) is 0 Å². The van der Waals surface area contributed by atoms with E-state index < -0.39 is 17.7 Å². The highest BCUT2D eigenvalue weighted by atomic mass is 16.5. The van der Waals surface area contributed by atoms with Gasteiger partial charge in [-0.2, -0.15) is 0 Å². The van der Waals surface area contributed by atoms with E-state index in [1.165, 1.54) is 0 Å². The summed E-state index contributed by atoms with van der Waals surface area (Å²) in [6.45, 7) is 9.23. The smallest absolute Gasteiger partial charge is 0.295 e. The number of Topliss-reactive ketones (excluding diaryl/α,β-unsaturated/α-hetero) is 1. The minimum atomic E-state index is -0.662. The summed E-state index contributed by atoms with van der Waals surface area (Å²) in [5.74, 6) is -0.621. The first-order chi connectivity index (χ1) is 16.1. The van der Waals surface area contributed by atoms with Gasteiger partial charge in [-0.15, -0.1) is 0 Å². The van der Waals surface area contributed by atoms with Gasteiger partial charge in [0.1, 0.15) is 17.6 Å². The van der Waals surface area contributed by atoms with Crippen molar-refractivity contribution in [3.05, 3.63) is 70.3 Å². The summed E-state index contributed by atoms with van der Waals surface area (Å²) in [6, 6.07) is 12.7. The van der Waals surface area contributed by atoms with Gasteiger partial charge >= 0.3 is 0 Å². The predicted octanol–water partition coefficient (Wildman–Crippen LogP) is 4.77. The summed E-state index contributed by atoms with van der Waals surface area (Å²) in [7, 11) is 1.61. The molecule has 0 spiro atoms. The van der Waals surface area contributed by atoms with E-state index in [-0.39, 0.29) is 22.9 Å².